The maximum Gasteiger partial charge on any atom is 0.250 e. The largest absolute Gasteiger partial charge is 0.497 e. The summed E-state index contributed by atoms with van der Waals surface area (Å²) in [4.78, 5) is 43.0. The molecule has 0 radical (unpaired) electrons. The van der Waals surface area contributed by atoms with Crippen molar-refractivity contribution in [3.8, 4) is 5.75 Å². The van der Waals surface area contributed by atoms with Gasteiger partial charge in [0.05, 0.1) is 25.0 Å². The Morgan fingerprint density at radius 1 is 1.07 bits per heavy atom. The number of rotatable bonds is 12. The van der Waals surface area contributed by atoms with Crippen LogP contribution >= 0.6 is 15.9 Å². The minimum atomic E-state index is -1.10. The van der Waals surface area contributed by atoms with Gasteiger partial charge in [-0.3, -0.25) is 14.4 Å². The molecule has 3 fully saturated rings. The first kappa shape index (κ1) is 28.6. The average Bonchev–Trinajstić information content (AvgIpc) is 3.55. The van der Waals surface area contributed by atoms with Crippen LogP contribution in [0, 0.1) is 11.8 Å². The molecule has 3 saturated heterocycles. The zero-order valence-electron chi connectivity index (χ0n) is 22.6. The molecule has 1 spiro atoms. The van der Waals surface area contributed by atoms with Gasteiger partial charge in [-0.1, -0.05) is 59.1 Å². The first-order valence-corrected chi connectivity index (χ1v) is 14.8. The molecule has 9 nitrogen and oxygen atoms in total. The van der Waals surface area contributed by atoms with Gasteiger partial charge in [0, 0.05) is 30.2 Å². The molecule has 2 aromatic carbocycles. The molecule has 3 aliphatic rings. The summed E-state index contributed by atoms with van der Waals surface area (Å²) < 4.78 is 11.8. The number of carbonyl (C=O) groups excluding carboxylic acids is 3. The number of halogens is 1. The number of likely N-dealkylation sites (tertiary alicyclic amines) is 1. The molecule has 6 atom stereocenters. The van der Waals surface area contributed by atoms with Crippen LogP contribution < -0.4 is 15.4 Å². The highest BCUT2D eigenvalue weighted by molar-refractivity contribution is 9.09. The van der Waals surface area contributed by atoms with Gasteiger partial charge < -0.3 is 30.1 Å². The van der Waals surface area contributed by atoms with E-state index in [-0.39, 0.29) is 29.2 Å². The summed E-state index contributed by atoms with van der Waals surface area (Å²) >= 11 is 3.71. The second-order valence-corrected chi connectivity index (χ2v) is 11.9. The van der Waals surface area contributed by atoms with E-state index in [4.69, 9.17) is 14.6 Å². The molecule has 3 amide bonds. The second kappa shape index (κ2) is 12.3. The van der Waals surface area contributed by atoms with Crippen molar-refractivity contribution >= 4 is 39.3 Å². The first-order valence-electron chi connectivity index (χ1n) is 13.9. The Morgan fingerprint density at radius 2 is 1.80 bits per heavy atom. The number of benzene rings is 2. The summed E-state index contributed by atoms with van der Waals surface area (Å²) in [5.41, 5.74) is 0.442. The van der Waals surface area contributed by atoms with Gasteiger partial charge in [0.2, 0.25) is 17.7 Å². The normalized spacial score (nSPS) is 28.4. The van der Waals surface area contributed by atoms with Crippen molar-refractivity contribution in [2.45, 2.75) is 61.2 Å². The lowest BCUT2D eigenvalue weighted by Crippen LogP contribution is -2.54. The predicted molar refractivity (Wildman–Crippen MR) is 153 cm³/mol. The van der Waals surface area contributed by atoms with E-state index in [1.54, 1.807) is 36.3 Å². The van der Waals surface area contributed by atoms with Crippen molar-refractivity contribution < 1.29 is 29.0 Å². The molecule has 0 saturated carbocycles. The summed E-state index contributed by atoms with van der Waals surface area (Å²) in [6.07, 6.45) is 2.99. The lowest BCUT2D eigenvalue weighted by molar-refractivity contribution is -0.140. The number of aliphatic hydroxyl groups excluding tert-OH is 1. The third kappa shape index (κ3) is 5.36. The van der Waals surface area contributed by atoms with Gasteiger partial charge in [0.1, 0.15) is 17.4 Å². The Balaban J connectivity index is 1.40. The number of anilines is 1. The molecule has 3 N–H and O–H groups in total. The van der Waals surface area contributed by atoms with Crippen molar-refractivity contribution in [2.75, 3.05) is 25.6 Å². The first-order chi connectivity index (χ1) is 19.4. The number of fused-ring (bicyclic) bond motifs is 1. The van der Waals surface area contributed by atoms with Gasteiger partial charge in [-0.05, 0) is 49.1 Å². The highest BCUT2D eigenvalue weighted by Crippen LogP contribution is 2.60. The highest BCUT2D eigenvalue weighted by Gasteiger charge is 2.76. The van der Waals surface area contributed by atoms with Crippen molar-refractivity contribution in [3.05, 3.63) is 60.2 Å². The third-order valence-corrected chi connectivity index (χ3v) is 9.16. The smallest absolute Gasteiger partial charge is 0.250 e. The van der Waals surface area contributed by atoms with Crippen LogP contribution in [0.15, 0.2) is 54.6 Å². The van der Waals surface area contributed by atoms with Gasteiger partial charge in [-0.15, -0.1) is 0 Å². The van der Waals surface area contributed by atoms with Gasteiger partial charge in [-0.2, -0.15) is 0 Å². The number of hydrogen-bond donors (Lipinski definition) is 3. The summed E-state index contributed by atoms with van der Waals surface area (Å²) in [5.74, 6) is -1.56. The Morgan fingerprint density at radius 3 is 2.50 bits per heavy atom. The molecule has 5 rings (SSSR count). The fraction of sp³-hybridized carbons (Fsp3) is 0.500. The topological polar surface area (TPSA) is 117 Å². The molecule has 0 aliphatic carbocycles. The summed E-state index contributed by atoms with van der Waals surface area (Å²) in [7, 11) is 1.58. The van der Waals surface area contributed by atoms with E-state index in [2.05, 4.69) is 26.6 Å². The van der Waals surface area contributed by atoms with Gasteiger partial charge in [-0.25, -0.2) is 0 Å². The number of nitrogens with one attached hydrogen (secondary N) is 2. The number of methoxy groups -OCH3 is 1. The van der Waals surface area contributed by atoms with Crippen molar-refractivity contribution in [1.29, 1.82) is 0 Å². The van der Waals surface area contributed by atoms with Crippen molar-refractivity contribution in [2.24, 2.45) is 11.8 Å². The Hall–Kier alpha value is -2.95. The Labute approximate surface area is 242 Å². The van der Waals surface area contributed by atoms with Crippen LogP contribution in [0.3, 0.4) is 0 Å². The number of nitrogens with zero attached hydrogens (tertiary/aromatic N) is 1. The minimum Gasteiger partial charge on any atom is -0.497 e. The number of hydrogen-bond acceptors (Lipinski definition) is 6. The number of ether oxygens (including phenoxy) is 2. The Kier molecular flexibility index (Phi) is 8.77. The molecule has 10 heteroatoms. The zero-order valence-corrected chi connectivity index (χ0v) is 24.1. The molecular formula is C30H36BrN3O6. The van der Waals surface area contributed by atoms with Crippen molar-refractivity contribution in [3.63, 3.8) is 0 Å². The lowest BCUT2D eigenvalue weighted by atomic mass is 9.70. The molecule has 0 aromatic heterocycles. The average molecular weight is 615 g/mol. The molecule has 40 heavy (non-hydrogen) atoms. The highest BCUT2D eigenvalue weighted by atomic mass is 79.9. The standard InChI is InChI=1S/C30H36BrN3O6/c1-39-21-13-11-20(12-14-21)33-28(37)26-30-17-22(31)25(40-30)23(27(36)32-18-19-9-5-4-6-10-19)24(30)29(38)34(26)15-7-2-3-8-16-35/h4-6,9-14,22-26,35H,2-3,7-8,15-18H2,1H3,(H,32,36)(H,33,37)/t22?,23-,24-,25-,26?,30?/m0/s1. The van der Waals surface area contributed by atoms with Crippen LogP contribution in [0.5, 0.6) is 5.75 Å². The lowest BCUT2D eigenvalue weighted by Gasteiger charge is -2.34. The van der Waals surface area contributed by atoms with Crippen molar-refractivity contribution in [1.82, 2.24) is 10.2 Å². The number of unbranched alkanes of at least 4 members (excludes halogenated alkanes) is 3. The molecule has 2 aromatic rings. The third-order valence-electron chi connectivity index (χ3n) is 8.31. The van der Waals surface area contributed by atoms with E-state index in [0.717, 1.165) is 18.4 Å². The van der Waals surface area contributed by atoms with Crippen LogP contribution in [0.4, 0.5) is 5.69 Å². The number of aliphatic hydroxyl groups is 1. The van der Waals surface area contributed by atoms with E-state index in [0.29, 0.717) is 43.8 Å². The minimum absolute atomic E-state index is 0.127. The number of amides is 3. The van der Waals surface area contributed by atoms with Crippen LogP contribution in [-0.4, -0.2) is 70.6 Å². The van der Waals surface area contributed by atoms with Gasteiger partial charge in [0.25, 0.3) is 0 Å². The van der Waals surface area contributed by atoms with E-state index in [9.17, 15) is 14.4 Å². The van der Waals surface area contributed by atoms with E-state index >= 15 is 0 Å². The van der Waals surface area contributed by atoms with Crippen LogP contribution in [0.1, 0.15) is 37.7 Å². The predicted octanol–water partition coefficient (Wildman–Crippen LogP) is 3.25. The number of carbonyl (C=O) groups is 3. The molecular weight excluding hydrogens is 578 g/mol. The Bertz CT molecular complexity index is 1210. The van der Waals surface area contributed by atoms with Gasteiger partial charge in [0.15, 0.2) is 0 Å². The SMILES string of the molecule is COc1ccc(NC(=O)C2N(CCCCCCO)C(=O)[C@@H]3[C@H](C(=O)NCc4ccccc4)[C@H]4OC23CC4Br)cc1. The maximum atomic E-state index is 14.1. The fourth-order valence-corrected chi connectivity index (χ4v) is 7.45. The molecule has 3 aliphatic heterocycles. The van der Waals surface area contributed by atoms with E-state index in [1.807, 2.05) is 30.3 Å². The summed E-state index contributed by atoms with van der Waals surface area (Å²) in [5, 5.41) is 15.1. The summed E-state index contributed by atoms with van der Waals surface area (Å²) in [6, 6.07) is 15.8. The second-order valence-electron chi connectivity index (χ2n) is 10.8. The van der Waals surface area contributed by atoms with Gasteiger partial charge >= 0.3 is 0 Å². The molecule has 3 unspecified atom stereocenters. The van der Waals surface area contributed by atoms with Crippen LogP contribution in [0.25, 0.3) is 0 Å². The molecule has 2 bridgehead atoms. The quantitative estimate of drug-likeness (QED) is 0.250. The monoisotopic (exact) mass is 613 g/mol. The number of alkyl halides is 1. The zero-order chi connectivity index (χ0) is 28.3. The van der Waals surface area contributed by atoms with Crippen LogP contribution in [-0.2, 0) is 25.7 Å². The molecule has 214 valence electrons. The summed E-state index contributed by atoms with van der Waals surface area (Å²) in [6.45, 7) is 0.852. The molecule has 3 heterocycles. The maximum absolute atomic E-state index is 14.1. The fourth-order valence-electron chi connectivity index (χ4n) is 6.51. The van der Waals surface area contributed by atoms with E-state index in [1.165, 1.54) is 0 Å². The van der Waals surface area contributed by atoms with E-state index < -0.39 is 29.6 Å². The van der Waals surface area contributed by atoms with Crippen LogP contribution in [0.2, 0.25) is 0 Å².